The van der Waals surface area contributed by atoms with Crippen molar-refractivity contribution in [3.8, 4) is 22.4 Å². The first-order valence-corrected chi connectivity index (χ1v) is 10.7. The topological polar surface area (TPSA) is 34.4 Å². The predicted molar refractivity (Wildman–Crippen MR) is 124 cm³/mol. The summed E-state index contributed by atoms with van der Waals surface area (Å²) in [6, 6.07) is 23.9. The largest absolute Gasteiger partial charge is 0.290 e. The van der Waals surface area contributed by atoms with Gasteiger partial charge in [0.15, 0.2) is 10.7 Å². The Hall–Kier alpha value is -3.83. The number of rotatable bonds is 5. The quantitative estimate of drug-likeness (QED) is 0.231. The molecule has 0 N–H and O–H groups in total. The fourth-order valence-corrected chi connectivity index (χ4v) is 4.21. The lowest BCUT2D eigenvalue weighted by Crippen LogP contribution is -1.95. The van der Waals surface area contributed by atoms with E-state index in [2.05, 4.69) is 4.98 Å². The number of carbonyl (C=O) groups is 1. The molecule has 31 heavy (non-hydrogen) atoms. The molecule has 0 fully saturated rings. The van der Waals surface area contributed by atoms with Crippen LogP contribution in [-0.2, 0) is 0 Å². The number of aromatic nitrogens is 2. The normalized spacial score (nSPS) is 11.4. The van der Waals surface area contributed by atoms with Gasteiger partial charge in [0.25, 0.3) is 0 Å². The Kier molecular flexibility index (Phi) is 5.02. The average Bonchev–Trinajstić information content (AvgIpc) is 3.40. The molecule has 0 saturated carbocycles. The summed E-state index contributed by atoms with van der Waals surface area (Å²) in [5.41, 5.74) is 5.10. The van der Waals surface area contributed by atoms with Crippen LogP contribution in [0.5, 0.6) is 0 Å². The van der Waals surface area contributed by atoms with Gasteiger partial charge >= 0.3 is 0 Å². The molecule has 0 saturated heterocycles. The van der Waals surface area contributed by atoms with E-state index in [0.717, 1.165) is 33.0 Å². The first-order valence-electron chi connectivity index (χ1n) is 9.78. The van der Waals surface area contributed by atoms with E-state index in [-0.39, 0.29) is 11.6 Å². The molecule has 5 aromatic rings. The molecule has 3 aromatic carbocycles. The monoisotopic (exact) mass is 424 g/mol. The molecule has 2 heterocycles. The van der Waals surface area contributed by atoms with Crippen molar-refractivity contribution in [2.24, 2.45) is 0 Å². The van der Waals surface area contributed by atoms with Crippen molar-refractivity contribution >= 4 is 28.2 Å². The molecule has 0 aliphatic rings. The van der Waals surface area contributed by atoms with Crippen LogP contribution >= 0.6 is 11.3 Å². The highest BCUT2D eigenvalue weighted by molar-refractivity contribution is 7.15. The second-order valence-electron chi connectivity index (χ2n) is 7.05. The van der Waals surface area contributed by atoms with Gasteiger partial charge in [-0.2, -0.15) is 0 Å². The van der Waals surface area contributed by atoms with Gasteiger partial charge in [-0.25, -0.2) is 9.37 Å². The van der Waals surface area contributed by atoms with Crippen molar-refractivity contribution in [3.05, 3.63) is 114 Å². The maximum absolute atomic E-state index is 13.3. The van der Waals surface area contributed by atoms with Crippen LogP contribution in [0.3, 0.4) is 0 Å². The van der Waals surface area contributed by atoms with Crippen LogP contribution < -0.4 is 0 Å². The number of fused-ring (bicyclic) bond motifs is 1. The minimum Gasteiger partial charge on any atom is -0.290 e. The molecule has 2 aromatic heterocycles. The van der Waals surface area contributed by atoms with E-state index in [1.54, 1.807) is 24.3 Å². The van der Waals surface area contributed by atoms with Crippen LogP contribution in [0, 0.1) is 5.82 Å². The van der Waals surface area contributed by atoms with Crippen LogP contribution in [0.25, 0.3) is 33.4 Å². The van der Waals surface area contributed by atoms with E-state index in [1.807, 2.05) is 70.6 Å². The zero-order valence-electron chi connectivity index (χ0n) is 16.4. The summed E-state index contributed by atoms with van der Waals surface area (Å²) < 4.78 is 15.3. The number of thiazole rings is 1. The number of nitrogens with zero attached hydrogens (tertiary/aromatic N) is 2. The van der Waals surface area contributed by atoms with Gasteiger partial charge in [-0.3, -0.25) is 9.20 Å². The van der Waals surface area contributed by atoms with Crippen LogP contribution in [0.1, 0.15) is 16.1 Å². The van der Waals surface area contributed by atoms with E-state index < -0.39 is 0 Å². The molecule has 0 atom stereocenters. The van der Waals surface area contributed by atoms with E-state index in [0.29, 0.717) is 5.56 Å². The van der Waals surface area contributed by atoms with Gasteiger partial charge in [0.2, 0.25) is 0 Å². The van der Waals surface area contributed by atoms with E-state index in [9.17, 15) is 9.18 Å². The first kappa shape index (κ1) is 19.2. The molecule has 0 bridgehead atoms. The fraction of sp³-hybridized carbons (Fsp3) is 0. The lowest BCUT2D eigenvalue weighted by molar-refractivity contribution is 0.104. The van der Waals surface area contributed by atoms with Crippen molar-refractivity contribution in [2.75, 3.05) is 0 Å². The molecule has 5 heteroatoms. The van der Waals surface area contributed by atoms with Crippen molar-refractivity contribution in [1.29, 1.82) is 0 Å². The third-order valence-electron chi connectivity index (χ3n) is 5.09. The van der Waals surface area contributed by atoms with Crippen LogP contribution in [0.2, 0.25) is 0 Å². The Balaban J connectivity index is 1.45. The van der Waals surface area contributed by atoms with Gasteiger partial charge in [-0.15, -0.1) is 11.3 Å². The van der Waals surface area contributed by atoms with E-state index in [1.165, 1.54) is 23.5 Å². The molecule has 0 radical (unpaired) electrons. The molecular weight excluding hydrogens is 407 g/mol. The summed E-state index contributed by atoms with van der Waals surface area (Å²) >= 11 is 1.51. The molecule has 0 aliphatic carbocycles. The number of imidazole rings is 1. The summed E-state index contributed by atoms with van der Waals surface area (Å²) in [5.74, 6) is -0.383. The smallest absolute Gasteiger partial charge is 0.194 e. The summed E-state index contributed by atoms with van der Waals surface area (Å²) in [5, 5.41) is 1.94. The number of ketones is 1. The Morgan fingerprint density at radius 3 is 2.29 bits per heavy atom. The third-order valence-corrected chi connectivity index (χ3v) is 5.84. The number of hydrogen-bond acceptors (Lipinski definition) is 3. The highest BCUT2D eigenvalue weighted by Gasteiger charge is 2.13. The Labute approximate surface area is 182 Å². The maximum Gasteiger partial charge on any atom is 0.194 e. The summed E-state index contributed by atoms with van der Waals surface area (Å²) in [6.07, 6.45) is 5.25. The van der Waals surface area contributed by atoms with E-state index >= 15 is 0 Å². The SMILES string of the molecule is O=C(C=Cc1c(-c2ccc(F)cc2)nc2sccn12)c1ccc(-c2ccccc2)cc1. The Bertz CT molecular complexity index is 1380. The van der Waals surface area contributed by atoms with Crippen molar-refractivity contribution in [1.82, 2.24) is 9.38 Å². The second kappa shape index (κ2) is 8.13. The molecule has 0 unspecified atom stereocenters. The predicted octanol–water partition coefficient (Wildman–Crippen LogP) is 6.77. The van der Waals surface area contributed by atoms with Gasteiger partial charge in [0.1, 0.15) is 5.82 Å². The van der Waals surface area contributed by atoms with Crippen LogP contribution in [0.15, 0.2) is 96.5 Å². The molecule has 0 aliphatic heterocycles. The summed E-state index contributed by atoms with van der Waals surface area (Å²) in [7, 11) is 0. The Morgan fingerprint density at radius 2 is 1.55 bits per heavy atom. The Morgan fingerprint density at radius 1 is 0.871 bits per heavy atom. The van der Waals surface area contributed by atoms with Crippen molar-refractivity contribution in [2.45, 2.75) is 0 Å². The highest BCUT2D eigenvalue weighted by Crippen LogP contribution is 2.28. The molecule has 3 nitrogen and oxygen atoms in total. The van der Waals surface area contributed by atoms with E-state index in [4.69, 9.17) is 0 Å². The number of allylic oxidation sites excluding steroid dienone is 1. The number of hydrogen-bond donors (Lipinski definition) is 0. The molecule has 150 valence electrons. The van der Waals surface area contributed by atoms with Gasteiger partial charge in [0, 0.05) is 22.7 Å². The number of benzene rings is 3. The maximum atomic E-state index is 13.3. The second-order valence-corrected chi connectivity index (χ2v) is 7.92. The lowest BCUT2D eigenvalue weighted by atomic mass is 10.0. The first-order chi connectivity index (χ1) is 15.2. The van der Waals surface area contributed by atoms with Crippen LogP contribution in [-0.4, -0.2) is 15.2 Å². The van der Waals surface area contributed by atoms with Crippen molar-refractivity contribution in [3.63, 3.8) is 0 Å². The zero-order valence-corrected chi connectivity index (χ0v) is 17.2. The number of carbonyl (C=O) groups excluding carboxylic acids is 1. The van der Waals surface area contributed by atoms with Gasteiger partial charge < -0.3 is 0 Å². The van der Waals surface area contributed by atoms with Gasteiger partial charge in [0.05, 0.1) is 11.4 Å². The number of halogens is 1. The van der Waals surface area contributed by atoms with Gasteiger partial charge in [-0.1, -0.05) is 54.6 Å². The molecule has 0 spiro atoms. The molecule has 0 amide bonds. The standard InChI is InChI=1S/C26H17FN2OS/c27-22-12-10-21(11-13-22)25-23(29-16-17-31-26(29)28-25)14-15-24(30)20-8-6-19(7-9-20)18-4-2-1-3-5-18/h1-17H. The third kappa shape index (κ3) is 3.83. The summed E-state index contributed by atoms with van der Waals surface area (Å²) in [6.45, 7) is 0. The van der Waals surface area contributed by atoms with Crippen molar-refractivity contribution < 1.29 is 9.18 Å². The van der Waals surface area contributed by atoms with Gasteiger partial charge in [-0.05, 0) is 47.5 Å². The fourth-order valence-electron chi connectivity index (χ4n) is 3.49. The lowest BCUT2D eigenvalue weighted by Gasteiger charge is -2.03. The highest BCUT2D eigenvalue weighted by atomic mass is 32.1. The minimum absolute atomic E-state index is 0.0881. The molecule has 5 rings (SSSR count). The molecular formula is C26H17FN2OS. The van der Waals surface area contributed by atoms with Crippen LogP contribution in [0.4, 0.5) is 4.39 Å². The minimum atomic E-state index is -0.295. The summed E-state index contributed by atoms with van der Waals surface area (Å²) in [4.78, 5) is 18.3. The average molecular weight is 425 g/mol. The zero-order chi connectivity index (χ0) is 21.2.